The largest absolute Gasteiger partial charge is 0.397 e. The first-order chi connectivity index (χ1) is 13.0. The molecule has 0 bridgehead atoms. The number of carbonyl (C=O) groups is 1. The van der Waals surface area contributed by atoms with E-state index in [2.05, 4.69) is 10.3 Å². The maximum atomic E-state index is 14.0. The minimum absolute atomic E-state index is 0.328. The lowest BCUT2D eigenvalue weighted by molar-refractivity contribution is 0.103. The summed E-state index contributed by atoms with van der Waals surface area (Å²) >= 11 is 7.03. The van der Waals surface area contributed by atoms with Crippen LogP contribution in [0.1, 0.15) is 9.67 Å². The van der Waals surface area contributed by atoms with Crippen LogP contribution < -0.4 is 11.1 Å². The maximum Gasteiger partial charge on any atom is 0.267 e. The average Bonchev–Trinajstić information content (AvgIpc) is 3.00. The molecular weight excluding hydrogens is 385 g/mol. The first-order valence-corrected chi connectivity index (χ1v) is 9.23. The van der Waals surface area contributed by atoms with Crippen molar-refractivity contribution in [1.29, 1.82) is 0 Å². The molecule has 0 aliphatic carbocycles. The highest BCUT2D eigenvalue weighted by Crippen LogP contribution is 2.35. The highest BCUT2D eigenvalue weighted by atomic mass is 35.5. The number of rotatable bonds is 3. The summed E-state index contributed by atoms with van der Waals surface area (Å²) in [6, 6.07) is 16.7. The van der Waals surface area contributed by atoms with Gasteiger partial charge in [-0.05, 0) is 48.5 Å². The number of carbonyl (C=O) groups excluding carboxylic acids is 1. The molecule has 0 atom stereocenters. The van der Waals surface area contributed by atoms with Crippen LogP contribution in [0.25, 0.3) is 21.5 Å². The Balaban J connectivity index is 1.70. The molecule has 2 heterocycles. The van der Waals surface area contributed by atoms with E-state index in [1.165, 1.54) is 17.4 Å². The fourth-order valence-electron chi connectivity index (χ4n) is 2.71. The van der Waals surface area contributed by atoms with Crippen LogP contribution in [0.15, 0.2) is 60.7 Å². The van der Waals surface area contributed by atoms with E-state index in [-0.39, 0.29) is 11.7 Å². The normalized spacial score (nSPS) is 10.9. The number of hydrogen-bond acceptors (Lipinski definition) is 4. The third-order valence-corrected chi connectivity index (χ3v) is 5.42. The number of hydrogen-bond donors (Lipinski definition) is 2. The molecule has 7 heteroatoms. The minimum Gasteiger partial charge on any atom is -0.397 e. The maximum absolute atomic E-state index is 14.0. The predicted molar refractivity (Wildman–Crippen MR) is 109 cm³/mol. The number of nitrogen functional groups attached to an aromatic ring is 1. The smallest absolute Gasteiger partial charge is 0.267 e. The van der Waals surface area contributed by atoms with E-state index >= 15 is 0 Å². The van der Waals surface area contributed by atoms with Crippen molar-refractivity contribution >= 4 is 50.4 Å². The monoisotopic (exact) mass is 397 g/mol. The zero-order chi connectivity index (χ0) is 19.0. The second-order valence-corrected chi connectivity index (χ2v) is 7.27. The van der Waals surface area contributed by atoms with E-state index < -0.39 is 0 Å². The van der Waals surface area contributed by atoms with Crippen molar-refractivity contribution in [1.82, 2.24) is 4.98 Å². The summed E-state index contributed by atoms with van der Waals surface area (Å²) in [5.41, 5.74) is 8.01. The Morgan fingerprint density at radius 3 is 2.56 bits per heavy atom. The van der Waals surface area contributed by atoms with Crippen LogP contribution in [0.5, 0.6) is 0 Å². The Hall–Kier alpha value is -2.96. The molecule has 0 radical (unpaired) electrons. The molecule has 0 saturated carbocycles. The molecule has 0 spiro atoms. The second kappa shape index (κ2) is 6.98. The van der Waals surface area contributed by atoms with Crippen LogP contribution in [-0.2, 0) is 0 Å². The molecule has 1 amide bonds. The number of halogens is 2. The summed E-state index contributed by atoms with van der Waals surface area (Å²) in [5, 5.41) is 4.04. The van der Waals surface area contributed by atoms with Crippen LogP contribution >= 0.6 is 22.9 Å². The Labute approximate surface area is 163 Å². The lowest BCUT2D eigenvalue weighted by atomic mass is 10.1. The zero-order valence-electron chi connectivity index (χ0n) is 13.9. The van der Waals surface area contributed by atoms with Gasteiger partial charge < -0.3 is 11.1 Å². The van der Waals surface area contributed by atoms with E-state index in [1.54, 1.807) is 54.6 Å². The van der Waals surface area contributed by atoms with Crippen molar-refractivity contribution in [2.75, 3.05) is 11.1 Å². The van der Waals surface area contributed by atoms with Crippen LogP contribution in [0.3, 0.4) is 0 Å². The van der Waals surface area contributed by atoms with Gasteiger partial charge >= 0.3 is 0 Å². The molecule has 0 saturated heterocycles. The molecule has 27 heavy (non-hydrogen) atoms. The number of amides is 1. The highest BCUT2D eigenvalue weighted by molar-refractivity contribution is 7.21. The zero-order valence-corrected chi connectivity index (χ0v) is 15.4. The summed E-state index contributed by atoms with van der Waals surface area (Å²) in [6.07, 6.45) is 0. The summed E-state index contributed by atoms with van der Waals surface area (Å²) in [4.78, 5) is 18.0. The van der Waals surface area contributed by atoms with Gasteiger partial charge in [-0.2, -0.15) is 0 Å². The Bertz CT molecular complexity index is 1160. The molecule has 0 aliphatic heterocycles. The van der Waals surface area contributed by atoms with Crippen LogP contribution in [0.2, 0.25) is 5.02 Å². The number of pyridine rings is 1. The first kappa shape index (κ1) is 17.5. The molecule has 134 valence electrons. The number of nitrogens with one attached hydrogen (secondary N) is 1. The second-order valence-electron chi connectivity index (χ2n) is 5.83. The number of fused-ring (bicyclic) bond motifs is 1. The molecular formula is C20H13ClFN3OS. The Morgan fingerprint density at radius 2 is 1.81 bits per heavy atom. The summed E-state index contributed by atoms with van der Waals surface area (Å²) < 4.78 is 14.0. The van der Waals surface area contributed by atoms with Gasteiger partial charge in [0.1, 0.15) is 15.5 Å². The molecule has 4 rings (SSSR count). The number of thiophene rings is 1. The summed E-state index contributed by atoms with van der Waals surface area (Å²) in [6.45, 7) is 0. The lowest BCUT2D eigenvalue weighted by Gasteiger charge is -2.04. The lowest BCUT2D eigenvalue weighted by Crippen LogP contribution is -2.11. The molecule has 0 fully saturated rings. The molecule has 4 aromatic rings. The van der Waals surface area contributed by atoms with Gasteiger partial charge in [0.15, 0.2) is 0 Å². The Morgan fingerprint density at radius 1 is 1.07 bits per heavy atom. The topological polar surface area (TPSA) is 68.0 Å². The van der Waals surface area contributed by atoms with Gasteiger partial charge in [-0.25, -0.2) is 9.37 Å². The van der Waals surface area contributed by atoms with Crippen LogP contribution in [-0.4, -0.2) is 10.9 Å². The SMILES string of the molecule is Nc1c(C(=O)Nc2ccc(Cl)cc2)sc2nc(-c3ccccc3F)ccc12. The van der Waals surface area contributed by atoms with Gasteiger partial charge in [0, 0.05) is 21.7 Å². The van der Waals surface area contributed by atoms with Crippen molar-refractivity contribution in [2.45, 2.75) is 0 Å². The van der Waals surface area contributed by atoms with Crippen molar-refractivity contribution in [3.05, 3.63) is 76.4 Å². The van der Waals surface area contributed by atoms with Gasteiger partial charge in [0.25, 0.3) is 5.91 Å². The molecule has 0 aliphatic rings. The average molecular weight is 398 g/mol. The van der Waals surface area contributed by atoms with Gasteiger partial charge in [0.05, 0.1) is 11.4 Å². The van der Waals surface area contributed by atoms with E-state index in [9.17, 15) is 9.18 Å². The molecule has 4 nitrogen and oxygen atoms in total. The third-order valence-electron chi connectivity index (χ3n) is 4.05. The van der Waals surface area contributed by atoms with E-state index in [0.29, 0.717) is 42.7 Å². The summed E-state index contributed by atoms with van der Waals surface area (Å²) in [7, 11) is 0. The quantitative estimate of drug-likeness (QED) is 0.473. The fourth-order valence-corrected chi connectivity index (χ4v) is 3.82. The van der Waals surface area contributed by atoms with Gasteiger partial charge in [-0.3, -0.25) is 4.79 Å². The molecule has 2 aromatic carbocycles. The first-order valence-electron chi connectivity index (χ1n) is 8.04. The van der Waals surface area contributed by atoms with Crippen molar-refractivity contribution < 1.29 is 9.18 Å². The van der Waals surface area contributed by atoms with Gasteiger partial charge in [-0.15, -0.1) is 11.3 Å². The molecule has 3 N–H and O–H groups in total. The number of nitrogens with zero attached hydrogens (tertiary/aromatic N) is 1. The van der Waals surface area contributed by atoms with Crippen molar-refractivity contribution in [3.63, 3.8) is 0 Å². The standard InChI is InChI=1S/C20H13ClFN3OS/c21-11-5-7-12(8-6-11)24-19(26)18-17(23)14-9-10-16(25-20(14)27-18)13-3-1-2-4-15(13)22/h1-10H,23H2,(H,24,26). The van der Waals surface area contributed by atoms with Crippen molar-refractivity contribution in [2.24, 2.45) is 0 Å². The summed E-state index contributed by atoms with van der Waals surface area (Å²) in [5.74, 6) is -0.681. The Kier molecular flexibility index (Phi) is 4.51. The number of anilines is 2. The van der Waals surface area contributed by atoms with Gasteiger partial charge in [-0.1, -0.05) is 23.7 Å². The third kappa shape index (κ3) is 3.37. The van der Waals surface area contributed by atoms with Crippen molar-refractivity contribution in [3.8, 4) is 11.3 Å². The predicted octanol–water partition coefficient (Wildman–Crippen LogP) is 5.59. The van der Waals surface area contributed by atoms with E-state index in [4.69, 9.17) is 17.3 Å². The minimum atomic E-state index is -0.352. The van der Waals surface area contributed by atoms with E-state index in [0.717, 1.165) is 0 Å². The van der Waals surface area contributed by atoms with Crippen LogP contribution in [0.4, 0.5) is 15.8 Å². The highest BCUT2D eigenvalue weighted by Gasteiger charge is 2.18. The number of benzene rings is 2. The number of aromatic nitrogens is 1. The molecule has 2 aromatic heterocycles. The van der Waals surface area contributed by atoms with Gasteiger partial charge in [0.2, 0.25) is 0 Å². The van der Waals surface area contributed by atoms with E-state index in [1.807, 2.05) is 0 Å². The van der Waals surface area contributed by atoms with Crippen LogP contribution in [0, 0.1) is 5.82 Å². The molecule has 0 unspecified atom stereocenters. The number of nitrogens with two attached hydrogens (primary N) is 1. The fraction of sp³-hybridized carbons (Fsp3) is 0.